The molecule has 1 aromatic heterocycles. The maximum absolute atomic E-state index is 12.9. The van der Waals surface area contributed by atoms with Crippen LogP contribution in [-0.2, 0) is 6.18 Å². The SMILES string of the molecule is COc1ccc(/C(=N/N=C(N)N)c2cccc(C(F)(F)F)n2)cc1.Cl. The average molecular weight is 374 g/mol. The molecule has 0 aliphatic heterocycles. The maximum Gasteiger partial charge on any atom is 0.433 e. The summed E-state index contributed by atoms with van der Waals surface area (Å²) >= 11 is 0. The molecule has 4 N–H and O–H groups in total. The third-order valence-electron chi connectivity index (χ3n) is 2.91. The van der Waals surface area contributed by atoms with Gasteiger partial charge in [0.05, 0.1) is 12.8 Å². The summed E-state index contributed by atoms with van der Waals surface area (Å²) in [5.41, 5.74) is 10.0. The zero-order valence-corrected chi connectivity index (χ0v) is 13.8. The molecule has 134 valence electrons. The number of benzene rings is 1. The number of halogens is 4. The van der Waals surface area contributed by atoms with Crippen molar-refractivity contribution in [3.05, 3.63) is 59.4 Å². The summed E-state index contributed by atoms with van der Waals surface area (Å²) in [7, 11) is 1.50. The number of ether oxygens (including phenoxy) is 1. The maximum atomic E-state index is 12.9. The minimum absolute atomic E-state index is 0. The summed E-state index contributed by atoms with van der Waals surface area (Å²) in [5.74, 6) is 0.255. The first-order valence-corrected chi connectivity index (χ1v) is 6.67. The number of guanidine groups is 1. The summed E-state index contributed by atoms with van der Waals surface area (Å²) in [4.78, 5) is 3.60. The van der Waals surface area contributed by atoms with Crippen LogP contribution in [0.4, 0.5) is 13.2 Å². The molecule has 0 atom stereocenters. The van der Waals surface area contributed by atoms with Gasteiger partial charge < -0.3 is 16.2 Å². The van der Waals surface area contributed by atoms with Gasteiger partial charge in [-0.15, -0.1) is 22.6 Å². The second-order valence-electron chi connectivity index (χ2n) is 4.61. The van der Waals surface area contributed by atoms with Gasteiger partial charge in [0.15, 0.2) is 0 Å². The van der Waals surface area contributed by atoms with E-state index >= 15 is 0 Å². The topological polar surface area (TPSA) is 98.9 Å². The predicted octanol–water partition coefficient (Wildman–Crippen LogP) is 2.56. The number of methoxy groups -OCH3 is 1. The normalized spacial score (nSPS) is 11.4. The van der Waals surface area contributed by atoms with Gasteiger partial charge in [-0.2, -0.15) is 13.2 Å². The lowest BCUT2D eigenvalue weighted by atomic mass is 10.1. The minimum Gasteiger partial charge on any atom is -0.497 e. The minimum atomic E-state index is -4.57. The standard InChI is InChI=1S/C15H14F3N5O.ClH/c1-24-10-7-5-9(6-8-10)13(22-23-14(19)20)11-3-2-4-12(21-11)15(16,17)18;/h2-8H,1H3,(H4,19,20,23);1H/b22-13-;. The van der Waals surface area contributed by atoms with Gasteiger partial charge in [-0.05, 0) is 36.4 Å². The largest absolute Gasteiger partial charge is 0.497 e. The van der Waals surface area contributed by atoms with E-state index in [0.717, 1.165) is 6.07 Å². The molecule has 0 radical (unpaired) electrons. The molecule has 0 aliphatic carbocycles. The van der Waals surface area contributed by atoms with E-state index in [9.17, 15) is 13.2 Å². The molecule has 2 rings (SSSR count). The molecule has 25 heavy (non-hydrogen) atoms. The Bertz CT molecular complexity index is 771. The highest BCUT2D eigenvalue weighted by Crippen LogP contribution is 2.28. The summed E-state index contributed by atoms with van der Waals surface area (Å²) < 4.78 is 43.6. The third kappa shape index (κ3) is 5.35. The highest BCUT2D eigenvalue weighted by molar-refractivity contribution is 6.11. The van der Waals surface area contributed by atoms with E-state index in [2.05, 4.69) is 15.2 Å². The van der Waals surface area contributed by atoms with Gasteiger partial charge in [-0.25, -0.2) is 4.98 Å². The van der Waals surface area contributed by atoms with Crippen LogP contribution in [0.25, 0.3) is 0 Å². The van der Waals surface area contributed by atoms with Crippen molar-refractivity contribution in [1.29, 1.82) is 0 Å². The molecular weight excluding hydrogens is 359 g/mol. The van der Waals surface area contributed by atoms with E-state index in [4.69, 9.17) is 16.2 Å². The van der Waals surface area contributed by atoms with E-state index in [-0.39, 0.29) is 29.8 Å². The first-order valence-electron chi connectivity index (χ1n) is 6.67. The number of pyridine rings is 1. The van der Waals surface area contributed by atoms with Crippen LogP contribution in [0.1, 0.15) is 17.0 Å². The molecule has 0 unspecified atom stereocenters. The molecule has 0 amide bonds. The fourth-order valence-corrected chi connectivity index (χ4v) is 1.84. The van der Waals surface area contributed by atoms with Crippen molar-refractivity contribution in [3.63, 3.8) is 0 Å². The van der Waals surface area contributed by atoms with Crippen molar-refractivity contribution in [2.24, 2.45) is 21.7 Å². The van der Waals surface area contributed by atoms with E-state index in [1.54, 1.807) is 24.3 Å². The van der Waals surface area contributed by atoms with Crippen LogP contribution in [0.5, 0.6) is 5.75 Å². The number of nitrogens with zero attached hydrogens (tertiary/aromatic N) is 3. The van der Waals surface area contributed by atoms with Crippen molar-refractivity contribution in [2.45, 2.75) is 6.18 Å². The zero-order chi connectivity index (χ0) is 17.7. The first kappa shape index (κ1) is 20.2. The highest BCUT2D eigenvalue weighted by atomic mass is 35.5. The Hall–Kier alpha value is -2.81. The van der Waals surface area contributed by atoms with E-state index < -0.39 is 11.9 Å². The number of hydrogen-bond acceptors (Lipinski definition) is 4. The molecule has 1 heterocycles. The summed E-state index contributed by atoms with van der Waals surface area (Å²) in [5, 5.41) is 7.35. The van der Waals surface area contributed by atoms with Crippen molar-refractivity contribution < 1.29 is 17.9 Å². The number of aromatic nitrogens is 1. The Balaban J connectivity index is 0.00000312. The molecule has 0 bridgehead atoms. The van der Waals surface area contributed by atoms with Gasteiger partial charge in [-0.1, -0.05) is 6.07 Å². The quantitative estimate of drug-likeness (QED) is 0.488. The number of alkyl halides is 3. The van der Waals surface area contributed by atoms with Crippen molar-refractivity contribution in [1.82, 2.24) is 4.98 Å². The molecular formula is C15H15ClF3N5O. The van der Waals surface area contributed by atoms with Gasteiger partial charge in [0.25, 0.3) is 0 Å². The second-order valence-corrected chi connectivity index (χ2v) is 4.61. The molecule has 6 nitrogen and oxygen atoms in total. The molecule has 1 aromatic carbocycles. The van der Waals surface area contributed by atoms with Crippen LogP contribution in [0.15, 0.2) is 52.7 Å². The average Bonchev–Trinajstić information content (AvgIpc) is 2.55. The number of nitrogens with two attached hydrogens (primary N) is 2. The number of hydrogen-bond donors (Lipinski definition) is 2. The molecule has 0 spiro atoms. The van der Waals surface area contributed by atoms with Gasteiger partial charge in [0, 0.05) is 5.56 Å². The Morgan fingerprint density at radius 3 is 2.20 bits per heavy atom. The Kier molecular flexibility index (Phi) is 6.75. The van der Waals surface area contributed by atoms with Gasteiger partial charge in [0.1, 0.15) is 17.2 Å². The first-order chi connectivity index (χ1) is 11.3. The third-order valence-corrected chi connectivity index (χ3v) is 2.91. The van der Waals surface area contributed by atoms with Gasteiger partial charge in [-0.3, -0.25) is 0 Å². The Morgan fingerprint density at radius 2 is 1.68 bits per heavy atom. The van der Waals surface area contributed by atoms with Crippen LogP contribution in [0.3, 0.4) is 0 Å². The smallest absolute Gasteiger partial charge is 0.433 e. The van der Waals surface area contributed by atoms with Gasteiger partial charge >= 0.3 is 6.18 Å². The van der Waals surface area contributed by atoms with Crippen molar-refractivity contribution >= 4 is 24.1 Å². The van der Waals surface area contributed by atoms with Crippen LogP contribution in [-0.4, -0.2) is 23.8 Å². The Morgan fingerprint density at radius 1 is 1.04 bits per heavy atom. The second kappa shape index (κ2) is 8.34. The van der Waals surface area contributed by atoms with Crippen LogP contribution >= 0.6 is 12.4 Å². The van der Waals surface area contributed by atoms with E-state index in [0.29, 0.717) is 11.3 Å². The highest BCUT2D eigenvalue weighted by Gasteiger charge is 2.32. The van der Waals surface area contributed by atoms with Crippen LogP contribution in [0, 0.1) is 0 Å². The molecule has 0 aliphatic rings. The molecule has 0 fully saturated rings. The Labute approximate surface area is 147 Å². The van der Waals surface area contributed by atoms with Crippen molar-refractivity contribution in [3.8, 4) is 5.75 Å². The fraction of sp³-hybridized carbons (Fsp3) is 0.133. The molecule has 0 saturated carbocycles. The lowest BCUT2D eigenvalue weighted by Gasteiger charge is -2.10. The summed E-state index contributed by atoms with van der Waals surface area (Å²) in [6.07, 6.45) is -4.57. The summed E-state index contributed by atoms with van der Waals surface area (Å²) in [6, 6.07) is 9.99. The lowest BCUT2D eigenvalue weighted by molar-refractivity contribution is -0.141. The fourth-order valence-electron chi connectivity index (χ4n) is 1.84. The molecule has 10 heteroatoms. The van der Waals surface area contributed by atoms with Crippen LogP contribution < -0.4 is 16.2 Å². The monoisotopic (exact) mass is 373 g/mol. The van der Waals surface area contributed by atoms with E-state index in [1.165, 1.54) is 19.2 Å². The summed E-state index contributed by atoms with van der Waals surface area (Å²) in [6.45, 7) is 0. The molecule has 0 saturated heterocycles. The number of rotatable bonds is 4. The van der Waals surface area contributed by atoms with Gasteiger partial charge in [0.2, 0.25) is 5.96 Å². The zero-order valence-electron chi connectivity index (χ0n) is 13.0. The van der Waals surface area contributed by atoms with E-state index in [1.807, 2.05) is 0 Å². The van der Waals surface area contributed by atoms with Crippen molar-refractivity contribution in [2.75, 3.05) is 7.11 Å². The lowest BCUT2D eigenvalue weighted by Crippen LogP contribution is -2.22. The van der Waals surface area contributed by atoms with Crippen LogP contribution in [0.2, 0.25) is 0 Å². The molecule has 2 aromatic rings. The predicted molar refractivity (Wildman–Crippen MR) is 90.9 cm³/mol.